The van der Waals surface area contributed by atoms with Gasteiger partial charge in [0, 0.05) is 27.5 Å². The first kappa shape index (κ1) is 7.53. The minimum absolute atomic E-state index is 0.0377. The molecule has 5 nitrogen and oxygen atoms in total. The molecule has 0 radical (unpaired) electrons. The smallest absolute Gasteiger partial charge is 0.211 e. The van der Waals surface area contributed by atoms with Crippen LogP contribution in [0.5, 0.6) is 11.5 Å². The number of likely N-dealkylation sites (N-methyl/N-ethyl adjacent to an activating group) is 1. The molecule has 122 valence electrons. The highest BCUT2D eigenvalue weighted by molar-refractivity contribution is 5.90. The van der Waals surface area contributed by atoms with Crippen molar-refractivity contribution < 1.29 is 30.3 Å². The number of hydrogen-bond acceptors (Lipinski definition) is 5. The molecule has 4 atom stereocenters. The summed E-state index contributed by atoms with van der Waals surface area (Å²) in [6.45, 7) is -3.25. The van der Waals surface area contributed by atoms with Gasteiger partial charge in [0.2, 0.25) is 1.43 Å². The Hall–Kier alpha value is -1.59. The molecule has 1 unspecified atom stereocenters. The molecular weight excluding hydrogens is 294 g/mol. The molecule has 2 aliphatic carbocycles. The molecule has 1 saturated carbocycles. The maximum atomic E-state index is 13.2. The van der Waals surface area contributed by atoms with Crippen molar-refractivity contribution in [3.63, 3.8) is 0 Å². The predicted molar refractivity (Wildman–Crippen MR) is 83.0 cm³/mol. The SMILES string of the molecule is [2H]O[C@@]12CC([2H])([2H])C(=O)C3Oc4c(OC)ccc5c4[C@@]31CCN(C([2H])([2H])[2H])[C@]2([2H])C5([2H])[2H]. The van der Waals surface area contributed by atoms with Gasteiger partial charge in [-0.2, -0.15) is 0 Å². The number of ether oxygens (including phenoxy) is 2. The van der Waals surface area contributed by atoms with Gasteiger partial charge in [0.1, 0.15) is 0 Å². The molecule has 1 spiro atoms. The Kier molecular flexibility index (Phi) is 1.34. The van der Waals surface area contributed by atoms with Crippen molar-refractivity contribution in [1.29, 1.82) is 1.43 Å². The molecular formula is C18H21NO4. The molecule has 0 aromatic heterocycles. The normalized spacial score (nSPS) is 54.4. The summed E-state index contributed by atoms with van der Waals surface area (Å²) < 4.78 is 87.5. The van der Waals surface area contributed by atoms with E-state index in [9.17, 15) is 6.17 Å². The summed E-state index contributed by atoms with van der Waals surface area (Å²) in [4.78, 5) is 13.9. The molecule has 2 aliphatic heterocycles. The first-order valence-electron chi connectivity index (χ1n) is 11.9. The standard InChI is InChI=1S/C18H21NO4/c1-19-8-7-17-14-10-3-4-12(22-2)15(14)23-16(17)11(20)5-6-18(17,21)13(19)9-10/h3-4,13,16,21H,5-9H2,1-2H3/t13-,16?,17+,18-/m1/s1/i1D3,5D2,9D2,13D,21D. The minimum Gasteiger partial charge on any atom is -0.493 e. The number of piperidine rings is 1. The van der Waals surface area contributed by atoms with Crippen LogP contribution in [0, 0.1) is 0 Å². The van der Waals surface area contributed by atoms with Crippen molar-refractivity contribution in [2.45, 2.75) is 48.7 Å². The van der Waals surface area contributed by atoms with Crippen molar-refractivity contribution in [3.8, 4) is 11.5 Å². The first-order chi connectivity index (χ1) is 14.7. The van der Waals surface area contributed by atoms with E-state index in [0.29, 0.717) is 4.90 Å². The van der Waals surface area contributed by atoms with Crippen molar-refractivity contribution >= 4 is 5.78 Å². The van der Waals surface area contributed by atoms with Crippen LogP contribution in [0.1, 0.15) is 41.3 Å². The molecule has 2 fully saturated rings. The van der Waals surface area contributed by atoms with Crippen LogP contribution in [-0.2, 0) is 16.6 Å². The molecule has 0 amide bonds. The lowest BCUT2D eigenvalue weighted by Gasteiger charge is -2.62. The fraction of sp³-hybridized carbons (Fsp3) is 0.611. The van der Waals surface area contributed by atoms with Crippen LogP contribution in [0.25, 0.3) is 0 Å². The van der Waals surface area contributed by atoms with Gasteiger partial charge in [-0.25, -0.2) is 0 Å². The average molecular weight is 324 g/mol. The number of likely N-dealkylation sites (tertiary alicyclic amines) is 1. The monoisotopic (exact) mass is 324 g/mol. The van der Waals surface area contributed by atoms with Crippen LogP contribution < -0.4 is 9.47 Å². The summed E-state index contributed by atoms with van der Waals surface area (Å²) in [5.41, 5.74) is -3.87. The van der Waals surface area contributed by atoms with E-state index in [0.717, 1.165) is 0 Å². The van der Waals surface area contributed by atoms with Gasteiger partial charge in [0.25, 0.3) is 0 Å². The summed E-state index contributed by atoms with van der Waals surface area (Å²) in [5.74, 6) is -0.691. The highest BCUT2D eigenvalue weighted by Crippen LogP contribution is 2.64. The molecule has 2 bridgehead atoms. The van der Waals surface area contributed by atoms with Crippen LogP contribution in [0.4, 0.5) is 0 Å². The number of rotatable bonds is 2. The number of benzene rings is 1. The number of aliphatic hydroxyl groups is 1. The molecule has 1 N–H and O–H groups in total. The van der Waals surface area contributed by atoms with Crippen molar-refractivity contribution in [2.24, 2.45) is 0 Å². The molecule has 5 heteroatoms. The van der Waals surface area contributed by atoms with E-state index in [2.05, 4.69) is 0 Å². The summed E-state index contributed by atoms with van der Waals surface area (Å²) in [5, 5.41) is 5.14. The van der Waals surface area contributed by atoms with Gasteiger partial charge in [0.05, 0.1) is 19.5 Å². The number of hydrogen-bond donors (Lipinski definition) is 1. The van der Waals surface area contributed by atoms with Crippen LogP contribution in [0.15, 0.2) is 12.1 Å². The number of nitrogens with zero attached hydrogens (tertiary/aromatic N) is 1. The Morgan fingerprint density at radius 1 is 1.61 bits per heavy atom. The summed E-state index contributed by atoms with van der Waals surface area (Å²) >= 11 is 0. The quantitative estimate of drug-likeness (QED) is 0.881. The minimum atomic E-state index is -2.95. The van der Waals surface area contributed by atoms with Gasteiger partial charge >= 0.3 is 0 Å². The van der Waals surface area contributed by atoms with E-state index in [-0.39, 0.29) is 35.6 Å². The lowest BCUT2D eigenvalue weighted by molar-refractivity contribution is -0.185. The van der Waals surface area contributed by atoms with Gasteiger partial charge in [-0.3, -0.25) is 4.79 Å². The van der Waals surface area contributed by atoms with Crippen LogP contribution in [0.2, 0.25) is 0 Å². The van der Waals surface area contributed by atoms with Gasteiger partial charge < -0.3 is 19.5 Å². The maximum Gasteiger partial charge on any atom is 0.211 e. The zero-order valence-corrected chi connectivity index (χ0v) is 12.4. The summed E-state index contributed by atoms with van der Waals surface area (Å²) in [7, 11) is 1.36. The second kappa shape index (κ2) is 4.08. The number of methoxy groups -OCH3 is 1. The lowest BCUT2D eigenvalue weighted by Crippen LogP contribution is -2.76. The molecule has 1 aromatic rings. The maximum absolute atomic E-state index is 13.2. The van der Waals surface area contributed by atoms with Crippen LogP contribution >= 0.6 is 0 Å². The van der Waals surface area contributed by atoms with Gasteiger partial charge in [-0.15, -0.1) is 0 Å². The highest BCUT2D eigenvalue weighted by Gasteiger charge is 2.72. The van der Waals surface area contributed by atoms with E-state index in [1.807, 2.05) is 0 Å². The van der Waals surface area contributed by atoms with E-state index in [1.165, 1.54) is 19.2 Å². The Balaban J connectivity index is 1.98. The third-order valence-corrected chi connectivity index (χ3v) is 5.58. The Bertz CT molecular complexity index is 1050. The van der Waals surface area contributed by atoms with Crippen molar-refractivity contribution in [1.82, 2.24) is 4.90 Å². The third kappa shape index (κ3) is 1.32. The number of Topliss-reactive ketones (excluding diaryl/α,β-unsaturated/α-hetero) is 1. The average Bonchev–Trinajstić information content (AvgIpc) is 3.03. The van der Waals surface area contributed by atoms with Crippen molar-refractivity contribution in [2.75, 3.05) is 20.6 Å². The Labute approximate surface area is 147 Å². The molecule has 5 rings (SSSR count). The van der Waals surface area contributed by atoms with Crippen LogP contribution in [0.3, 0.4) is 0 Å². The zero-order chi connectivity index (χ0) is 23.7. The van der Waals surface area contributed by atoms with E-state index >= 15 is 0 Å². The molecule has 2 heterocycles. The largest absolute Gasteiger partial charge is 0.493 e. The molecule has 23 heavy (non-hydrogen) atoms. The second-order valence-corrected chi connectivity index (χ2v) is 6.41. The van der Waals surface area contributed by atoms with E-state index < -0.39 is 55.1 Å². The lowest BCUT2D eigenvalue weighted by atomic mass is 9.49. The van der Waals surface area contributed by atoms with Gasteiger partial charge in [-0.1, -0.05) is 6.07 Å². The fourth-order valence-corrected chi connectivity index (χ4v) is 4.56. The van der Waals surface area contributed by atoms with Crippen LogP contribution in [-0.4, -0.2) is 55.6 Å². The second-order valence-electron chi connectivity index (χ2n) is 6.41. The predicted octanol–water partition coefficient (Wildman–Crippen LogP) is 1.05. The molecule has 1 saturated heterocycles. The van der Waals surface area contributed by atoms with Gasteiger partial charge in [-0.05, 0) is 44.4 Å². The number of carbonyl (C=O) groups excluding carboxylic acids is 1. The zero-order valence-electron chi connectivity index (χ0n) is 21.4. The molecule has 4 aliphatic rings. The molecule has 1 aromatic carbocycles. The summed E-state index contributed by atoms with van der Waals surface area (Å²) in [6.07, 6.45) is -7.89. The van der Waals surface area contributed by atoms with E-state index in [1.54, 1.807) is 0 Å². The Morgan fingerprint density at radius 3 is 3.30 bits per heavy atom. The Morgan fingerprint density at radius 2 is 2.52 bits per heavy atom. The fourth-order valence-electron chi connectivity index (χ4n) is 4.56. The third-order valence-electron chi connectivity index (χ3n) is 5.58. The van der Waals surface area contributed by atoms with Crippen molar-refractivity contribution in [3.05, 3.63) is 23.3 Å². The number of carbonyl (C=O) groups is 1. The summed E-state index contributed by atoms with van der Waals surface area (Å²) in [6, 6.07) is 0.00949. The first-order valence-corrected chi connectivity index (χ1v) is 7.52. The van der Waals surface area contributed by atoms with E-state index in [4.69, 9.17) is 25.6 Å². The van der Waals surface area contributed by atoms with Gasteiger partial charge in [0.15, 0.2) is 23.4 Å². The number of ketones is 1. The highest BCUT2D eigenvalue weighted by atomic mass is 16.5. The topological polar surface area (TPSA) is 59.0 Å².